The summed E-state index contributed by atoms with van der Waals surface area (Å²) in [6, 6.07) is 24.3. The lowest BCUT2D eigenvalue weighted by Crippen LogP contribution is -2.19. The SMILES string of the molecule is O=C(Nc1ccccc1)Nc1cccc(-c2csc(-c3ccccc3Cl)n2)c1. The third kappa shape index (κ3) is 4.22. The molecule has 0 saturated heterocycles. The molecule has 0 saturated carbocycles. The van der Waals surface area contributed by atoms with Gasteiger partial charge in [0.15, 0.2) is 0 Å². The third-order valence-corrected chi connectivity index (χ3v) is 5.26. The van der Waals surface area contributed by atoms with Crippen molar-refractivity contribution in [3.05, 3.63) is 89.3 Å². The molecule has 0 unspecified atom stereocenters. The molecule has 3 aromatic carbocycles. The van der Waals surface area contributed by atoms with Gasteiger partial charge in [-0.15, -0.1) is 11.3 Å². The Morgan fingerprint density at radius 3 is 2.39 bits per heavy atom. The number of amides is 2. The monoisotopic (exact) mass is 405 g/mol. The number of thiazole rings is 1. The van der Waals surface area contributed by atoms with Gasteiger partial charge in [0.05, 0.1) is 10.7 Å². The van der Waals surface area contributed by atoms with E-state index >= 15 is 0 Å². The van der Waals surface area contributed by atoms with Crippen molar-refractivity contribution >= 4 is 40.3 Å². The molecule has 138 valence electrons. The lowest BCUT2D eigenvalue weighted by molar-refractivity contribution is 0.262. The van der Waals surface area contributed by atoms with E-state index in [1.54, 1.807) is 0 Å². The van der Waals surface area contributed by atoms with E-state index in [-0.39, 0.29) is 6.03 Å². The van der Waals surface area contributed by atoms with E-state index in [4.69, 9.17) is 16.6 Å². The lowest BCUT2D eigenvalue weighted by Gasteiger charge is -2.08. The van der Waals surface area contributed by atoms with Crippen LogP contribution in [0.15, 0.2) is 84.2 Å². The minimum Gasteiger partial charge on any atom is -0.308 e. The van der Waals surface area contributed by atoms with Crippen LogP contribution in [0, 0.1) is 0 Å². The van der Waals surface area contributed by atoms with Crippen molar-refractivity contribution < 1.29 is 4.79 Å². The zero-order chi connectivity index (χ0) is 19.3. The summed E-state index contributed by atoms with van der Waals surface area (Å²) in [6.07, 6.45) is 0. The van der Waals surface area contributed by atoms with Gasteiger partial charge in [0.2, 0.25) is 0 Å². The van der Waals surface area contributed by atoms with Gasteiger partial charge < -0.3 is 10.6 Å². The molecule has 4 aromatic rings. The topological polar surface area (TPSA) is 54.0 Å². The number of carbonyl (C=O) groups excluding carboxylic acids is 1. The summed E-state index contributed by atoms with van der Waals surface area (Å²) >= 11 is 7.81. The summed E-state index contributed by atoms with van der Waals surface area (Å²) in [5.74, 6) is 0. The molecule has 1 aromatic heterocycles. The van der Waals surface area contributed by atoms with E-state index in [2.05, 4.69) is 10.6 Å². The molecular weight excluding hydrogens is 390 g/mol. The molecule has 2 N–H and O–H groups in total. The van der Waals surface area contributed by atoms with E-state index in [0.717, 1.165) is 27.5 Å². The molecule has 0 radical (unpaired) electrons. The van der Waals surface area contributed by atoms with Crippen molar-refractivity contribution in [2.24, 2.45) is 0 Å². The molecule has 0 aliphatic heterocycles. The quantitative estimate of drug-likeness (QED) is 0.393. The van der Waals surface area contributed by atoms with Crippen LogP contribution in [0.25, 0.3) is 21.8 Å². The first-order valence-electron chi connectivity index (χ1n) is 8.63. The summed E-state index contributed by atoms with van der Waals surface area (Å²) in [6.45, 7) is 0. The Labute approximate surface area is 171 Å². The van der Waals surface area contributed by atoms with Crippen LogP contribution in [0.5, 0.6) is 0 Å². The predicted octanol–water partition coefficient (Wildman–Crippen LogP) is 6.77. The number of anilines is 2. The van der Waals surface area contributed by atoms with Crippen LogP contribution in [0.2, 0.25) is 5.02 Å². The largest absolute Gasteiger partial charge is 0.323 e. The average Bonchev–Trinajstić information content (AvgIpc) is 3.19. The first-order chi connectivity index (χ1) is 13.7. The van der Waals surface area contributed by atoms with E-state index in [0.29, 0.717) is 10.7 Å². The fraction of sp³-hybridized carbons (Fsp3) is 0. The van der Waals surface area contributed by atoms with Crippen molar-refractivity contribution in [2.45, 2.75) is 0 Å². The summed E-state index contributed by atoms with van der Waals surface area (Å²) in [5.41, 5.74) is 4.11. The van der Waals surface area contributed by atoms with Crippen LogP contribution in [0.4, 0.5) is 16.2 Å². The van der Waals surface area contributed by atoms with E-state index in [1.165, 1.54) is 11.3 Å². The Morgan fingerprint density at radius 2 is 1.57 bits per heavy atom. The number of nitrogens with zero attached hydrogens (tertiary/aromatic N) is 1. The summed E-state index contributed by atoms with van der Waals surface area (Å²) in [4.78, 5) is 16.9. The molecule has 1 heterocycles. The highest BCUT2D eigenvalue weighted by Gasteiger charge is 2.10. The van der Waals surface area contributed by atoms with E-state index in [9.17, 15) is 4.79 Å². The summed E-state index contributed by atoms with van der Waals surface area (Å²) < 4.78 is 0. The Balaban J connectivity index is 1.51. The molecule has 2 amide bonds. The number of hydrogen-bond donors (Lipinski definition) is 2. The zero-order valence-corrected chi connectivity index (χ0v) is 16.3. The van der Waals surface area contributed by atoms with Crippen LogP contribution >= 0.6 is 22.9 Å². The van der Waals surface area contributed by atoms with E-state index in [1.807, 2.05) is 84.2 Å². The maximum atomic E-state index is 12.2. The van der Waals surface area contributed by atoms with Crippen molar-refractivity contribution in [1.82, 2.24) is 4.98 Å². The molecule has 0 aliphatic carbocycles. The maximum absolute atomic E-state index is 12.2. The Bertz CT molecular complexity index is 1110. The van der Waals surface area contributed by atoms with Gasteiger partial charge in [0.25, 0.3) is 0 Å². The van der Waals surface area contributed by atoms with Gasteiger partial charge >= 0.3 is 6.03 Å². The second-order valence-corrected chi connectivity index (χ2v) is 7.31. The Kier molecular flexibility index (Phi) is 5.37. The number of urea groups is 1. The molecule has 0 atom stereocenters. The lowest BCUT2D eigenvalue weighted by atomic mass is 10.1. The highest BCUT2D eigenvalue weighted by atomic mass is 35.5. The first-order valence-corrected chi connectivity index (χ1v) is 9.89. The fourth-order valence-electron chi connectivity index (χ4n) is 2.74. The zero-order valence-electron chi connectivity index (χ0n) is 14.7. The fourth-order valence-corrected chi connectivity index (χ4v) is 3.89. The van der Waals surface area contributed by atoms with Gasteiger partial charge in [0.1, 0.15) is 5.01 Å². The highest BCUT2D eigenvalue weighted by molar-refractivity contribution is 7.13. The van der Waals surface area contributed by atoms with Gasteiger partial charge in [-0.05, 0) is 30.3 Å². The number of rotatable bonds is 4. The van der Waals surface area contributed by atoms with Crippen molar-refractivity contribution in [3.8, 4) is 21.8 Å². The Morgan fingerprint density at radius 1 is 0.857 bits per heavy atom. The smallest absolute Gasteiger partial charge is 0.308 e. The first kappa shape index (κ1) is 18.2. The molecule has 4 rings (SSSR count). The number of para-hydroxylation sites is 1. The average molecular weight is 406 g/mol. The van der Waals surface area contributed by atoms with Crippen LogP contribution in [0.1, 0.15) is 0 Å². The minimum absolute atomic E-state index is 0.293. The standard InChI is InChI=1S/C22H16ClN3OS/c23-19-12-5-4-11-18(19)21-26-20(14-28-21)15-7-6-10-17(13-15)25-22(27)24-16-8-2-1-3-9-16/h1-14H,(H2,24,25,27). The second-order valence-electron chi connectivity index (χ2n) is 6.04. The molecule has 6 heteroatoms. The molecule has 4 nitrogen and oxygen atoms in total. The van der Waals surface area contributed by atoms with Gasteiger partial charge in [-0.25, -0.2) is 9.78 Å². The molecule has 0 bridgehead atoms. The summed E-state index contributed by atoms with van der Waals surface area (Å²) in [7, 11) is 0. The van der Waals surface area contributed by atoms with Gasteiger partial charge in [0, 0.05) is 27.9 Å². The second kappa shape index (κ2) is 8.25. The van der Waals surface area contributed by atoms with Crippen molar-refractivity contribution in [1.29, 1.82) is 0 Å². The summed E-state index contributed by atoms with van der Waals surface area (Å²) in [5, 5.41) is 9.18. The van der Waals surface area contributed by atoms with Crippen molar-refractivity contribution in [2.75, 3.05) is 10.6 Å². The number of benzene rings is 3. The normalized spacial score (nSPS) is 10.5. The van der Waals surface area contributed by atoms with Gasteiger partial charge in [-0.1, -0.05) is 60.1 Å². The molecular formula is C22H16ClN3OS. The molecule has 0 aliphatic rings. The van der Waals surface area contributed by atoms with Crippen LogP contribution in [-0.4, -0.2) is 11.0 Å². The van der Waals surface area contributed by atoms with Gasteiger partial charge in [-0.3, -0.25) is 0 Å². The van der Waals surface area contributed by atoms with Crippen LogP contribution in [-0.2, 0) is 0 Å². The van der Waals surface area contributed by atoms with E-state index < -0.39 is 0 Å². The third-order valence-electron chi connectivity index (χ3n) is 4.06. The van der Waals surface area contributed by atoms with Gasteiger partial charge in [-0.2, -0.15) is 0 Å². The van der Waals surface area contributed by atoms with Crippen LogP contribution < -0.4 is 10.6 Å². The molecule has 0 fully saturated rings. The minimum atomic E-state index is -0.293. The number of hydrogen-bond acceptors (Lipinski definition) is 3. The number of aromatic nitrogens is 1. The van der Waals surface area contributed by atoms with Crippen molar-refractivity contribution in [3.63, 3.8) is 0 Å². The number of carbonyl (C=O) groups is 1. The highest BCUT2D eigenvalue weighted by Crippen LogP contribution is 2.33. The molecule has 28 heavy (non-hydrogen) atoms. The van der Waals surface area contributed by atoms with Crippen LogP contribution in [0.3, 0.4) is 0 Å². The molecule has 0 spiro atoms. The Hall–Kier alpha value is -3.15. The maximum Gasteiger partial charge on any atom is 0.323 e. The number of nitrogens with one attached hydrogen (secondary N) is 2. The predicted molar refractivity (Wildman–Crippen MR) is 117 cm³/mol. The number of halogens is 1.